The highest BCUT2D eigenvalue weighted by molar-refractivity contribution is 7.89. The Bertz CT molecular complexity index is 608. The van der Waals surface area contributed by atoms with Crippen molar-refractivity contribution in [1.29, 1.82) is 0 Å². The minimum absolute atomic E-state index is 0.0127. The van der Waals surface area contributed by atoms with Crippen molar-refractivity contribution < 1.29 is 23.2 Å². The predicted octanol–water partition coefficient (Wildman–Crippen LogP) is -2.70. The first kappa shape index (κ1) is 15.0. The molecule has 1 fully saturated rings. The van der Waals surface area contributed by atoms with Crippen LogP contribution in [-0.4, -0.2) is 56.5 Å². The van der Waals surface area contributed by atoms with Crippen LogP contribution in [-0.2, 0) is 17.1 Å². The van der Waals surface area contributed by atoms with Crippen LogP contribution in [0.1, 0.15) is 16.9 Å². The molecule has 0 saturated carbocycles. The number of aryl methyl sites for hydroxylation is 1. The van der Waals surface area contributed by atoms with Crippen molar-refractivity contribution in [2.45, 2.75) is 11.3 Å². The molecule has 1 aliphatic heterocycles. The SMILES string of the molecule is Cn1cc(S(=O)(=O)N2CCC[NH+](C)CC2)cc1C(=O)[O-]. The second-order valence-electron chi connectivity index (χ2n) is 5.17. The molecule has 0 aliphatic carbocycles. The van der Waals surface area contributed by atoms with Gasteiger partial charge < -0.3 is 19.4 Å². The van der Waals surface area contributed by atoms with Crippen molar-refractivity contribution in [3.05, 3.63) is 18.0 Å². The predicted molar refractivity (Wildman–Crippen MR) is 69.7 cm³/mol. The van der Waals surface area contributed by atoms with Gasteiger partial charge in [0.15, 0.2) is 0 Å². The van der Waals surface area contributed by atoms with Crippen molar-refractivity contribution in [3.8, 4) is 0 Å². The van der Waals surface area contributed by atoms with E-state index >= 15 is 0 Å². The second kappa shape index (κ2) is 5.55. The normalized spacial score (nSPS) is 21.6. The Morgan fingerprint density at radius 1 is 1.35 bits per heavy atom. The number of aromatic carboxylic acids is 1. The summed E-state index contributed by atoms with van der Waals surface area (Å²) < 4.78 is 27.7. The van der Waals surface area contributed by atoms with Crippen LogP contribution in [0.15, 0.2) is 17.2 Å². The van der Waals surface area contributed by atoms with E-state index in [2.05, 4.69) is 0 Å². The number of quaternary nitrogens is 1. The van der Waals surface area contributed by atoms with Gasteiger partial charge in [-0.15, -0.1) is 0 Å². The number of nitrogens with one attached hydrogen (secondary N) is 1. The van der Waals surface area contributed by atoms with Gasteiger partial charge in [0.25, 0.3) is 0 Å². The van der Waals surface area contributed by atoms with Crippen LogP contribution in [0.4, 0.5) is 0 Å². The number of carboxylic acid groups (broad SMARTS) is 1. The van der Waals surface area contributed by atoms with Gasteiger partial charge in [-0.05, 0) is 6.07 Å². The molecule has 0 amide bonds. The molecule has 112 valence electrons. The summed E-state index contributed by atoms with van der Waals surface area (Å²) in [7, 11) is -0.111. The van der Waals surface area contributed by atoms with E-state index in [1.54, 1.807) is 0 Å². The maximum Gasteiger partial charge on any atom is 0.244 e. The number of carboxylic acids is 1. The summed E-state index contributed by atoms with van der Waals surface area (Å²) in [5.74, 6) is -1.38. The molecule has 1 aromatic rings. The Labute approximate surface area is 118 Å². The fourth-order valence-electron chi connectivity index (χ4n) is 2.38. The molecular weight excluding hydrogens is 282 g/mol. The monoisotopic (exact) mass is 301 g/mol. The fourth-order valence-corrected chi connectivity index (χ4v) is 3.93. The maximum atomic E-state index is 12.5. The number of likely N-dealkylation sites (N-methyl/N-ethyl adjacent to an activating group) is 1. The first-order valence-corrected chi connectivity index (χ1v) is 7.95. The number of sulfonamides is 1. The lowest BCUT2D eigenvalue weighted by molar-refractivity contribution is -0.877. The molecule has 7 nitrogen and oxygen atoms in total. The third kappa shape index (κ3) is 2.87. The van der Waals surface area contributed by atoms with Gasteiger partial charge in [-0.2, -0.15) is 4.31 Å². The highest BCUT2D eigenvalue weighted by atomic mass is 32.2. The van der Waals surface area contributed by atoms with Crippen LogP contribution >= 0.6 is 0 Å². The van der Waals surface area contributed by atoms with E-state index in [-0.39, 0.29) is 10.6 Å². The summed E-state index contributed by atoms with van der Waals surface area (Å²) in [4.78, 5) is 12.2. The molecule has 0 bridgehead atoms. The minimum atomic E-state index is -3.64. The van der Waals surface area contributed by atoms with Gasteiger partial charge in [-0.25, -0.2) is 8.42 Å². The average molecular weight is 301 g/mol. The van der Waals surface area contributed by atoms with Gasteiger partial charge in [0.05, 0.1) is 38.3 Å². The van der Waals surface area contributed by atoms with Gasteiger partial charge in [0, 0.05) is 26.2 Å². The van der Waals surface area contributed by atoms with E-state index in [0.717, 1.165) is 25.6 Å². The van der Waals surface area contributed by atoms with E-state index in [4.69, 9.17) is 0 Å². The molecule has 2 heterocycles. The van der Waals surface area contributed by atoms with Gasteiger partial charge in [0.2, 0.25) is 10.0 Å². The fraction of sp³-hybridized carbons (Fsp3) is 0.583. The average Bonchev–Trinajstić information content (AvgIpc) is 2.62. The van der Waals surface area contributed by atoms with Crippen molar-refractivity contribution in [2.24, 2.45) is 7.05 Å². The summed E-state index contributed by atoms with van der Waals surface area (Å²) in [6.07, 6.45) is 2.12. The third-order valence-corrected chi connectivity index (χ3v) is 5.49. The van der Waals surface area contributed by atoms with Crippen LogP contribution in [0.5, 0.6) is 0 Å². The topological polar surface area (TPSA) is 86.9 Å². The lowest BCUT2D eigenvalue weighted by Crippen LogP contribution is -3.09. The molecule has 1 aliphatic rings. The molecule has 20 heavy (non-hydrogen) atoms. The summed E-state index contributed by atoms with van der Waals surface area (Å²) in [6.45, 7) is 2.60. The van der Waals surface area contributed by atoms with Crippen LogP contribution in [0.2, 0.25) is 0 Å². The van der Waals surface area contributed by atoms with Gasteiger partial charge in [-0.1, -0.05) is 0 Å². The molecule has 2 rings (SSSR count). The van der Waals surface area contributed by atoms with Gasteiger partial charge in [-0.3, -0.25) is 0 Å². The Hall–Kier alpha value is -1.38. The summed E-state index contributed by atoms with van der Waals surface area (Å²) in [5, 5.41) is 10.9. The van der Waals surface area contributed by atoms with E-state index in [1.165, 1.54) is 27.0 Å². The number of hydrogen-bond donors (Lipinski definition) is 1. The maximum absolute atomic E-state index is 12.5. The Balaban J connectivity index is 2.30. The minimum Gasteiger partial charge on any atom is -0.543 e. The Morgan fingerprint density at radius 3 is 2.65 bits per heavy atom. The van der Waals surface area contributed by atoms with E-state index in [1.807, 2.05) is 7.05 Å². The molecule has 0 spiro atoms. The number of rotatable bonds is 3. The zero-order chi connectivity index (χ0) is 14.9. The molecule has 1 N–H and O–H groups in total. The van der Waals surface area contributed by atoms with Crippen LogP contribution < -0.4 is 10.0 Å². The van der Waals surface area contributed by atoms with Crippen LogP contribution in [0, 0.1) is 0 Å². The largest absolute Gasteiger partial charge is 0.543 e. The highest BCUT2D eigenvalue weighted by Crippen LogP contribution is 2.18. The number of carbonyl (C=O) groups is 1. The molecule has 1 atom stereocenters. The standard InChI is InChI=1S/C12H19N3O4S/c1-13-4-3-5-15(7-6-13)20(18,19)10-8-11(12(16)17)14(2)9-10/h8-9H,3-7H2,1-2H3,(H,16,17). The lowest BCUT2D eigenvalue weighted by Gasteiger charge is -2.18. The van der Waals surface area contributed by atoms with Crippen molar-refractivity contribution in [2.75, 3.05) is 33.2 Å². The number of nitrogens with zero attached hydrogens (tertiary/aromatic N) is 2. The summed E-state index contributed by atoms with van der Waals surface area (Å²) in [6, 6.07) is 1.16. The molecule has 1 saturated heterocycles. The molecule has 1 aromatic heterocycles. The molecule has 0 radical (unpaired) electrons. The zero-order valence-corrected chi connectivity index (χ0v) is 12.4. The van der Waals surface area contributed by atoms with Crippen LogP contribution in [0.25, 0.3) is 0 Å². The zero-order valence-electron chi connectivity index (χ0n) is 11.6. The highest BCUT2D eigenvalue weighted by Gasteiger charge is 2.28. The first-order valence-electron chi connectivity index (χ1n) is 6.51. The van der Waals surface area contributed by atoms with Gasteiger partial charge in [0.1, 0.15) is 4.90 Å². The number of carbonyl (C=O) groups excluding carboxylic acids is 1. The third-order valence-electron chi connectivity index (χ3n) is 3.63. The second-order valence-corrected chi connectivity index (χ2v) is 7.11. The first-order chi connectivity index (χ1) is 9.32. The van der Waals surface area contributed by atoms with Crippen molar-refractivity contribution in [1.82, 2.24) is 8.87 Å². The van der Waals surface area contributed by atoms with E-state index in [9.17, 15) is 18.3 Å². The Kier molecular flexibility index (Phi) is 4.17. The molecule has 1 unspecified atom stereocenters. The van der Waals surface area contributed by atoms with E-state index < -0.39 is 16.0 Å². The summed E-state index contributed by atoms with van der Waals surface area (Å²) in [5.41, 5.74) is -0.138. The Morgan fingerprint density at radius 2 is 2.05 bits per heavy atom. The number of hydrogen-bond acceptors (Lipinski definition) is 4. The molecule has 0 aromatic carbocycles. The van der Waals surface area contributed by atoms with Crippen molar-refractivity contribution in [3.63, 3.8) is 0 Å². The quantitative estimate of drug-likeness (QED) is 0.658. The van der Waals surface area contributed by atoms with Crippen molar-refractivity contribution >= 4 is 16.0 Å². The lowest BCUT2D eigenvalue weighted by atomic mass is 10.4. The smallest absolute Gasteiger partial charge is 0.244 e. The van der Waals surface area contributed by atoms with Crippen LogP contribution in [0.3, 0.4) is 0 Å². The molecule has 8 heteroatoms. The molecular formula is C12H19N3O4S. The number of aromatic nitrogens is 1. The summed E-state index contributed by atoms with van der Waals surface area (Å²) >= 11 is 0. The van der Waals surface area contributed by atoms with Gasteiger partial charge >= 0.3 is 0 Å². The van der Waals surface area contributed by atoms with E-state index in [0.29, 0.717) is 13.1 Å².